The standard InChI is InChI=1S/C20H21NO7/c22-19(8-4-11-25-16-6-2-1-3-7-16)28-18-10-9-15(14-17(18)21(23)24)20-26-12-5-13-27-20/h1-3,6-7,9-10,14,20H,4-5,8,11-13H2. The minimum Gasteiger partial charge on any atom is -0.494 e. The zero-order valence-corrected chi connectivity index (χ0v) is 15.2. The first-order valence-corrected chi connectivity index (χ1v) is 9.03. The van der Waals surface area contributed by atoms with Crippen LogP contribution in [0.4, 0.5) is 5.69 Å². The van der Waals surface area contributed by atoms with Crippen LogP contribution in [0.1, 0.15) is 31.1 Å². The summed E-state index contributed by atoms with van der Waals surface area (Å²) in [6, 6.07) is 13.6. The third-order valence-electron chi connectivity index (χ3n) is 4.04. The van der Waals surface area contributed by atoms with E-state index in [1.54, 1.807) is 6.07 Å². The highest BCUT2D eigenvalue weighted by molar-refractivity contribution is 5.74. The molecule has 0 aromatic heterocycles. The molecule has 0 radical (unpaired) electrons. The van der Waals surface area contributed by atoms with E-state index in [1.807, 2.05) is 30.3 Å². The molecule has 0 spiro atoms. The molecule has 3 rings (SSSR count). The Kier molecular flexibility index (Phi) is 6.94. The second kappa shape index (κ2) is 9.82. The van der Waals surface area contributed by atoms with Crippen LogP contribution in [0, 0.1) is 10.1 Å². The summed E-state index contributed by atoms with van der Waals surface area (Å²) in [5, 5.41) is 11.4. The number of hydrogen-bond donors (Lipinski definition) is 0. The predicted molar refractivity (Wildman–Crippen MR) is 99.2 cm³/mol. The summed E-state index contributed by atoms with van der Waals surface area (Å²) in [5.41, 5.74) is 0.214. The summed E-state index contributed by atoms with van der Waals surface area (Å²) >= 11 is 0. The minimum absolute atomic E-state index is 0.0839. The molecular weight excluding hydrogens is 366 g/mol. The van der Waals surface area contributed by atoms with Crippen LogP contribution >= 0.6 is 0 Å². The van der Waals surface area contributed by atoms with Crippen molar-refractivity contribution < 1.29 is 28.7 Å². The zero-order chi connectivity index (χ0) is 19.8. The van der Waals surface area contributed by atoms with Crippen molar-refractivity contribution in [2.75, 3.05) is 19.8 Å². The van der Waals surface area contributed by atoms with Gasteiger partial charge in [-0.15, -0.1) is 0 Å². The highest BCUT2D eigenvalue weighted by Gasteiger charge is 2.24. The van der Waals surface area contributed by atoms with Gasteiger partial charge >= 0.3 is 11.7 Å². The van der Waals surface area contributed by atoms with E-state index >= 15 is 0 Å². The number of ether oxygens (including phenoxy) is 4. The molecule has 0 aliphatic carbocycles. The van der Waals surface area contributed by atoms with Gasteiger partial charge in [-0.25, -0.2) is 0 Å². The van der Waals surface area contributed by atoms with Crippen LogP contribution in [0.15, 0.2) is 48.5 Å². The van der Waals surface area contributed by atoms with E-state index in [9.17, 15) is 14.9 Å². The number of hydrogen-bond acceptors (Lipinski definition) is 7. The fraction of sp³-hybridized carbons (Fsp3) is 0.350. The molecule has 8 heteroatoms. The quantitative estimate of drug-likeness (QED) is 0.223. The van der Waals surface area contributed by atoms with Gasteiger partial charge in [0, 0.05) is 18.1 Å². The Labute approximate surface area is 162 Å². The van der Waals surface area contributed by atoms with Crippen LogP contribution in [0.25, 0.3) is 0 Å². The Morgan fingerprint density at radius 2 is 1.89 bits per heavy atom. The summed E-state index contributed by atoms with van der Waals surface area (Å²) in [6.45, 7) is 1.40. The van der Waals surface area contributed by atoms with E-state index in [1.165, 1.54) is 12.1 Å². The number of nitrogens with zero attached hydrogens (tertiary/aromatic N) is 1. The Hall–Kier alpha value is -2.97. The lowest BCUT2D eigenvalue weighted by Gasteiger charge is -2.23. The van der Waals surface area contributed by atoms with E-state index in [0.717, 1.165) is 6.42 Å². The van der Waals surface area contributed by atoms with Gasteiger partial charge in [-0.05, 0) is 37.1 Å². The number of benzene rings is 2. The zero-order valence-electron chi connectivity index (χ0n) is 15.2. The maximum Gasteiger partial charge on any atom is 0.312 e. The van der Waals surface area contributed by atoms with Crippen LogP contribution in [0.2, 0.25) is 0 Å². The molecule has 2 aromatic rings. The molecule has 0 atom stereocenters. The van der Waals surface area contributed by atoms with E-state index in [-0.39, 0.29) is 17.9 Å². The summed E-state index contributed by atoms with van der Waals surface area (Å²) in [5.74, 6) is 0.0606. The highest BCUT2D eigenvalue weighted by Crippen LogP contribution is 2.33. The number of esters is 1. The number of carbonyl (C=O) groups excluding carboxylic acids is 1. The van der Waals surface area contributed by atoms with E-state index in [0.29, 0.717) is 37.6 Å². The maximum absolute atomic E-state index is 12.0. The average molecular weight is 387 g/mol. The summed E-state index contributed by atoms with van der Waals surface area (Å²) in [6.07, 6.45) is 0.652. The van der Waals surface area contributed by atoms with Crippen molar-refractivity contribution in [1.29, 1.82) is 0 Å². The number of para-hydroxylation sites is 1. The normalized spacial score (nSPS) is 14.4. The molecule has 8 nitrogen and oxygen atoms in total. The number of nitro benzene ring substituents is 1. The lowest BCUT2D eigenvalue weighted by Crippen LogP contribution is -2.18. The van der Waals surface area contributed by atoms with Crippen molar-refractivity contribution in [3.63, 3.8) is 0 Å². The molecule has 2 aromatic carbocycles. The van der Waals surface area contributed by atoms with Crippen molar-refractivity contribution in [3.05, 3.63) is 64.2 Å². The van der Waals surface area contributed by atoms with E-state index in [4.69, 9.17) is 18.9 Å². The SMILES string of the molecule is O=C(CCCOc1ccccc1)Oc1ccc(C2OCCCO2)cc1[N+](=O)[O-]. The minimum atomic E-state index is -0.646. The number of nitro groups is 1. The molecule has 0 unspecified atom stereocenters. The summed E-state index contributed by atoms with van der Waals surface area (Å²) < 4.78 is 21.6. The third kappa shape index (κ3) is 5.51. The molecule has 0 amide bonds. The summed E-state index contributed by atoms with van der Waals surface area (Å²) in [7, 11) is 0. The van der Waals surface area contributed by atoms with Gasteiger partial charge in [-0.3, -0.25) is 14.9 Å². The largest absolute Gasteiger partial charge is 0.494 e. The van der Waals surface area contributed by atoms with Gasteiger partial charge < -0.3 is 18.9 Å². The van der Waals surface area contributed by atoms with Crippen LogP contribution in [0.3, 0.4) is 0 Å². The fourth-order valence-electron chi connectivity index (χ4n) is 2.69. The van der Waals surface area contributed by atoms with Gasteiger partial charge in [-0.2, -0.15) is 0 Å². The van der Waals surface area contributed by atoms with Gasteiger partial charge in [0.2, 0.25) is 5.75 Å². The van der Waals surface area contributed by atoms with Crippen molar-refractivity contribution in [3.8, 4) is 11.5 Å². The molecule has 1 heterocycles. The maximum atomic E-state index is 12.0. The lowest BCUT2D eigenvalue weighted by molar-refractivity contribution is -0.385. The molecular formula is C20H21NO7. The molecule has 148 valence electrons. The van der Waals surface area contributed by atoms with Crippen molar-refractivity contribution in [2.24, 2.45) is 0 Å². The Morgan fingerprint density at radius 1 is 1.14 bits per heavy atom. The summed E-state index contributed by atoms with van der Waals surface area (Å²) in [4.78, 5) is 22.8. The first-order chi connectivity index (χ1) is 13.6. The van der Waals surface area contributed by atoms with Crippen molar-refractivity contribution in [2.45, 2.75) is 25.6 Å². The van der Waals surface area contributed by atoms with Crippen molar-refractivity contribution >= 4 is 11.7 Å². The average Bonchev–Trinajstić information content (AvgIpc) is 2.73. The molecule has 0 bridgehead atoms. The second-order valence-electron chi connectivity index (χ2n) is 6.15. The number of carbonyl (C=O) groups is 1. The predicted octanol–water partition coefficient (Wildman–Crippen LogP) is 3.79. The van der Waals surface area contributed by atoms with Crippen LogP contribution in [0.5, 0.6) is 11.5 Å². The number of rotatable bonds is 8. The van der Waals surface area contributed by atoms with Gasteiger partial charge in [0.15, 0.2) is 6.29 Å². The Morgan fingerprint density at radius 3 is 2.61 bits per heavy atom. The molecule has 28 heavy (non-hydrogen) atoms. The van der Waals surface area contributed by atoms with Crippen LogP contribution < -0.4 is 9.47 Å². The Bertz CT molecular complexity index is 803. The van der Waals surface area contributed by atoms with Gasteiger partial charge in [0.1, 0.15) is 5.75 Å². The van der Waals surface area contributed by atoms with Gasteiger partial charge in [0.25, 0.3) is 0 Å². The van der Waals surface area contributed by atoms with Crippen LogP contribution in [-0.2, 0) is 14.3 Å². The topological polar surface area (TPSA) is 97.1 Å². The van der Waals surface area contributed by atoms with Crippen molar-refractivity contribution in [1.82, 2.24) is 0 Å². The molecule has 1 aliphatic heterocycles. The molecule has 1 fully saturated rings. The monoisotopic (exact) mass is 387 g/mol. The second-order valence-corrected chi connectivity index (χ2v) is 6.15. The molecule has 1 aliphatic rings. The molecule has 1 saturated heterocycles. The highest BCUT2D eigenvalue weighted by atomic mass is 16.7. The first-order valence-electron chi connectivity index (χ1n) is 9.03. The third-order valence-corrected chi connectivity index (χ3v) is 4.04. The first kappa shape index (κ1) is 19.8. The molecule has 0 saturated carbocycles. The van der Waals surface area contributed by atoms with E-state index < -0.39 is 17.2 Å². The molecule has 0 N–H and O–H groups in total. The van der Waals surface area contributed by atoms with E-state index in [2.05, 4.69) is 0 Å². The Balaban J connectivity index is 1.54. The fourth-order valence-corrected chi connectivity index (χ4v) is 2.69. The van der Waals surface area contributed by atoms with Gasteiger partial charge in [0.05, 0.1) is 24.7 Å². The van der Waals surface area contributed by atoms with Gasteiger partial charge in [-0.1, -0.05) is 18.2 Å². The smallest absolute Gasteiger partial charge is 0.312 e. The lowest BCUT2D eigenvalue weighted by atomic mass is 10.1. The van der Waals surface area contributed by atoms with Crippen LogP contribution in [-0.4, -0.2) is 30.7 Å².